The third-order valence-corrected chi connectivity index (χ3v) is 2.35. The standard InChI is InChI=1S/C11H11N3O2/c1-6-9(11(15)16)10(14-13-6)7-2-4-8(12)5-3-7/h2-5H,12H2,1H3,(H,13,14)(H,15,16). The number of nitrogens with zero attached hydrogens (tertiary/aromatic N) is 1. The van der Waals surface area contributed by atoms with E-state index in [1.807, 2.05) is 0 Å². The number of benzene rings is 1. The van der Waals surface area contributed by atoms with Crippen LogP contribution in [0.5, 0.6) is 0 Å². The van der Waals surface area contributed by atoms with E-state index in [4.69, 9.17) is 10.8 Å². The third-order valence-electron chi connectivity index (χ3n) is 2.35. The Morgan fingerprint density at radius 2 is 2.00 bits per heavy atom. The number of aromatic carboxylic acids is 1. The normalized spacial score (nSPS) is 10.3. The maximum absolute atomic E-state index is 11.1. The minimum atomic E-state index is -0.988. The van der Waals surface area contributed by atoms with Gasteiger partial charge in [-0.15, -0.1) is 0 Å². The number of hydrogen-bond acceptors (Lipinski definition) is 3. The zero-order valence-corrected chi connectivity index (χ0v) is 8.69. The van der Waals surface area contributed by atoms with Gasteiger partial charge in [0.05, 0.1) is 0 Å². The van der Waals surface area contributed by atoms with E-state index < -0.39 is 5.97 Å². The highest BCUT2D eigenvalue weighted by atomic mass is 16.4. The number of nitrogens with two attached hydrogens (primary N) is 1. The van der Waals surface area contributed by atoms with Crippen molar-refractivity contribution in [2.75, 3.05) is 5.73 Å². The molecule has 0 saturated carbocycles. The predicted octanol–water partition coefficient (Wildman–Crippen LogP) is 1.67. The fourth-order valence-corrected chi connectivity index (χ4v) is 1.54. The van der Waals surface area contributed by atoms with Gasteiger partial charge in [0.2, 0.25) is 0 Å². The Bertz CT molecular complexity index is 529. The fourth-order valence-electron chi connectivity index (χ4n) is 1.54. The van der Waals surface area contributed by atoms with Crippen molar-refractivity contribution in [3.05, 3.63) is 35.5 Å². The van der Waals surface area contributed by atoms with Gasteiger partial charge in [-0.1, -0.05) is 12.1 Å². The van der Waals surface area contributed by atoms with Crippen molar-refractivity contribution >= 4 is 11.7 Å². The largest absolute Gasteiger partial charge is 0.478 e. The lowest BCUT2D eigenvalue weighted by Crippen LogP contribution is -1.99. The number of hydrogen-bond donors (Lipinski definition) is 3. The molecule has 0 aliphatic heterocycles. The van der Waals surface area contributed by atoms with Gasteiger partial charge in [0.15, 0.2) is 0 Å². The molecule has 0 aliphatic rings. The lowest BCUT2D eigenvalue weighted by Gasteiger charge is -2.00. The molecule has 2 aromatic rings. The summed E-state index contributed by atoms with van der Waals surface area (Å²) in [5.41, 5.74) is 8.10. The molecule has 1 heterocycles. The van der Waals surface area contributed by atoms with Gasteiger partial charge in [0, 0.05) is 16.9 Å². The van der Waals surface area contributed by atoms with Crippen LogP contribution >= 0.6 is 0 Å². The van der Waals surface area contributed by atoms with Gasteiger partial charge in [-0.25, -0.2) is 4.79 Å². The van der Waals surface area contributed by atoms with E-state index in [-0.39, 0.29) is 5.56 Å². The van der Waals surface area contributed by atoms with Crippen LogP contribution in [0.3, 0.4) is 0 Å². The lowest BCUT2D eigenvalue weighted by molar-refractivity contribution is 0.0697. The van der Waals surface area contributed by atoms with Crippen molar-refractivity contribution < 1.29 is 9.90 Å². The summed E-state index contributed by atoms with van der Waals surface area (Å²) in [7, 11) is 0. The van der Waals surface area contributed by atoms with Crippen LogP contribution < -0.4 is 5.73 Å². The molecule has 1 aromatic heterocycles. The summed E-state index contributed by atoms with van der Waals surface area (Å²) < 4.78 is 0. The Labute approximate surface area is 91.9 Å². The smallest absolute Gasteiger partial charge is 0.339 e. The first-order valence-electron chi connectivity index (χ1n) is 4.73. The van der Waals surface area contributed by atoms with Crippen molar-refractivity contribution in [2.45, 2.75) is 6.92 Å². The Morgan fingerprint density at radius 3 is 2.56 bits per heavy atom. The summed E-state index contributed by atoms with van der Waals surface area (Å²) in [4.78, 5) is 11.1. The van der Waals surface area contributed by atoms with Crippen molar-refractivity contribution in [3.63, 3.8) is 0 Å². The molecule has 0 spiro atoms. The predicted molar refractivity (Wildman–Crippen MR) is 60.1 cm³/mol. The van der Waals surface area contributed by atoms with Crippen LogP contribution in [0.4, 0.5) is 5.69 Å². The molecule has 5 nitrogen and oxygen atoms in total. The molecule has 0 aliphatic carbocycles. The number of carboxylic acids is 1. The number of nitrogens with one attached hydrogen (secondary N) is 1. The molecule has 0 fully saturated rings. The number of rotatable bonds is 2. The number of aromatic amines is 1. The summed E-state index contributed by atoms with van der Waals surface area (Å²) >= 11 is 0. The van der Waals surface area contributed by atoms with Gasteiger partial charge in [0.1, 0.15) is 11.3 Å². The van der Waals surface area contributed by atoms with Gasteiger partial charge >= 0.3 is 5.97 Å². The molecule has 0 unspecified atom stereocenters. The molecule has 0 atom stereocenters. The average molecular weight is 217 g/mol. The van der Waals surface area contributed by atoms with Crippen LogP contribution in [0, 0.1) is 6.92 Å². The molecule has 5 heteroatoms. The van der Waals surface area contributed by atoms with Crippen LogP contribution in [0.2, 0.25) is 0 Å². The minimum absolute atomic E-state index is 0.199. The molecule has 0 radical (unpaired) electrons. The highest BCUT2D eigenvalue weighted by molar-refractivity contribution is 5.96. The lowest BCUT2D eigenvalue weighted by atomic mass is 10.1. The summed E-state index contributed by atoms with van der Waals surface area (Å²) in [5.74, 6) is -0.988. The van der Waals surface area contributed by atoms with Crippen LogP contribution in [-0.2, 0) is 0 Å². The first kappa shape index (κ1) is 10.2. The molecular formula is C11H11N3O2. The summed E-state index contributed by atoms with van der Waals surface area (Å²) in [6.45, 7) is 1.68. The number of carboxylic acid groups (broad SMARTS) is 1. The monoisotopic (exact) mass is 217 g/mol. The quantitative estimate of drug-likeness (QED) is 0.667. The van der Waals surface area contributed by atoms with Gasteiger partial charge < -0.3 is 10.8 Å². The Hall–Kier alpha value is -2.30. The molecule has 82 valence electrons. The van der Waals surface area contributed by atoms with E-state index in [2.05, 4.69) is 10.2 Å². The molecule has 1 aromatic carbocycles. The van der Waals surface area contributed by atoms with E-state index >= 15 is 0 Å². The van der Waals surface area contributed by atoms with Crippen molar-refractivity contribution in [2.24, 2.45) is 0 Å². The van der Waals surface area contributed by atoms with Crippen LogP contribution in [0.15, 0.2) is 24.3 Å². The second-order valence-electron chi connectivity index (χ2n) is 3.50. The van der Waals surface area contributed by atoms with E-state index in [1.165, 1.54) is 0 Å². The van der Waals surface area contributed by atoms with Crippen molar-refractivity contribution in [1.82, 2.24) is 10.2 Å². The van der Waals surface area contributed by atoms with Gasteiger partial charge in [-0.3, -0.25) is 5.10 Å². The number of aryl methyl sites for hydroxylation is 1. The SMILES string of the molecule is Cc1[nH]nc(-c2ccc(N)cc2)c1C(=O)O. The second-order valence-corrected chi connectivity index (χ2v) is 3.50. The number of anilines is 1. The second kappa shape index (κ2) is 3.69. The van der Waals surface area contributed by atoms with E-state index in [9.17, 15) is 4.79 Å². The summed E-state index contributed by atoms with van der Waals surface area (Å²) in [6.07, 6.45) is 0. The molecular weight excluding hydrogens is 206 g/mol. The Kier molecular flexibility index (Phi) is 2.36. The molecule has 4 N–H and O–H groups in total. The maximum Gasteiger partial charge on any atom is 0.339 e. The van der Waals surface area contributed by atoms with E-state index in [0.717, 1.165) is 5.56 Å². The Balaban J connectivity index is 2.56. The zero-order chi connectivity index (χ0) is 11.7. The summed E-state index contributed by atoms with van der Waals surface area (Å²) in [5, 5.41) is 15.7. The highest BCUT2D eigenvalue weighted by Gasteiger charge is 2.18. The third kappa shape index (κ3) is 1.63. The van der Waals surface area contributed by atoms with Crippen LogP contribution in [0.1, 0.15) is 16.1 Å². The summed E-state index contributed by atoms with van der Waals surface area (Å²) in [6, 6.07) is 6.92. The van der Waals surface area contributed by atoms with Crippen molar-refractivity contribution in [3.8, 4) is 11.3 Å². The first-order chi connectivity index (χ1) is 7.59. The molecule has 16 heavy (non-hydrogen) atoms. The van der Waals surface area contributed by atoms with E-state index in [1.54, 1.807) is 31.2 Å². The number of nitrogen functional groups attached to an aromatic ring is 1. The zero-order valence-electron chi connectivity index (χ0n) is 8.69. The number of carbonyl (C=O) groups is 1. The highest BCUT2D eigenvalue weighted by Crippen LogP contribution is 2.24. The van der Waals surface area contributed by atoms with Crippen molar-refractivity contribution in [1.29, 1.82) is 0 Å². The number of aromatic nitrogens is 2. The first-order valence-corrected chi connectivity index (χ1v) is 4.73. The molecule has 2 rings (SSSR count). The fraction of sp³-hybridized carbons (Fsp3) is 0.0909. The maximum atomic E-state index is 11.1. The van der Waals surface area contributed by atoms with Gasteiger partial charge in [0.25, 0.3) is 0 Å². The van der Waals surface area contributed by atoms with Gasteiger partial charge in [-0.05, 0) is 19.1 Å². The molecule has 0 bridgehead atoms. The molecule has 0 saturated heterocycles. The van der Waals surface area contributed by atoms with Crippen LogP contribution in [-0.4, -0.2) is 21.3 Å². The number of H-pyrrole nitrogens is 1. The van der Waals surface area contributed by atoms with E-state index in [0.29, 0.717) is 17.1 Å². The van der Waals surface area contributed by atoms with Crippen LogP contribution in [0.25, 0.3) is 11.3 Å². The topological polar surface area (TPSA) is 92.0 Å². The molecule has 0 amide bonds. The Morgan fingerprint density at radius 1 is 1.38 bits per heavy atom. The van der Waals surface area contributed by atoms with Gasteiger partial charge in [-0.2, -0.15) is 5.10 Å². The minimum Gasteiger partial charge on any atom is -0.478 e. The average Bonchev–Trinajstić information content (AvgIpc) is 2.61.